The van der Waals surface area contributed by atoms with Crippen molar-refractivity contribution in [2.45, 2.75) is 45.6 Å². The first-order chi connectivity index (χ1) is 9.15. The van der Waals surface area contributed by atoms with Gasteiger partial charge in [-0.1, -0.05) is 43.7 Å². The van der Waals surface area contributed by atoms with E-state index in [2.05, 4.69) is 50.4 Å². The van der Waals surface area contributed by atoms with Crippen LogP contribution < -0.4 is 5.32 Å². The van der Waals surface area contributed by atoms with Gasteiger partial charge in [-0.2, -0.15) is 0 Å². The van der Waals surface area contributed by atoms with Gasteiger partial charge in [0.1, 0.15) is 0 Å². The van der Waals surface area contributed by atoms with Crippen LogP contribution in [0.1, 0.15) is 43.7 Å². The molecule has 19 heavy (non-hydrogen) atoms. The highest BCUT2D eigenvalue weighted by Crippen LogP contribution is 2.29. The van der Waals surface area contributed by atoms with Crippen LogP contribution in [0, 0.1) is 12.8 Å². The van der Waals surface area contributed by atoms with Crippen molar-refractivity contribution < 1.29 is 4.74 Å². The molecule has 1 atom stereocenters. The van der Waals surface area contributed by atoms with Crippen molar-refractivity contribution in [2.75, 3.05) is 19.8 Å². The third-order valence-corrected chi connectivity index (χ3v) is 3.69. The lowest BCUT2D eigenvalue weighted by Crippen LogP contribution is -2.30. The van der Waals surface area contributed by atoms with E-state index in [-0.39, 0.29) is 0 Å². The fourth-order valence-electron chi connectivity index (χ4n) is 2.15. The second-order valence-corrected chi connectivity index (χ2v) is 6.15. The molecule has 2 heteroatoms. The summed E-state index contributed by atoms with van der Waals surface area (Å²) in [5.41, 5.74) is 2.70. The Bertz CT molecular complexity index is 367. The maximum Gasteiger partial charge on any atom is 0.0547 e. The first kappa shape index (κ1) is 14.5. The van der Waals surface area contributed by atoms with E-state index in [9.17, 15) is 0 Å². The number of rotatable bonds is 8. The molecule has 2 rings (SSSR count). The molecular formula is C17H27NO. The Balaban J connectivity index is 1.88. The zero-order valence-corrected chi connectivity index (χ0v) is 12.5. The van der Waals surface area contributed by atoms with Crippen molar-refractivity contribution in [2.24, 2.45) is 5.92 Å². The predicted octanol–water partition coefficient (Wildman–Crippen LogP) is 3.50. The Morgan fingerprint density at radius 2 is 1.89 bits per heavy atom. The Morgan fingerprint density at radius 3 is 2.47 bits per heavy atom. The lowest BCUT2D eigenvalue weighted by molar-refractivity contribution is 0.110. The first-order valence-electron chi connectivity index (χ1n) is 7.53. The minimum atomic E-state index is 0.460. The summed E-state index contributed by atoms with van der Waals surface area (Å²) in [6.45, 7) is 9.29. The SMILES string of the molecule is Cc1ccc(C(CNC(C)C)COCC2CC2)cc1. The smallest absolute Gasteiger partial charge is 0.0547 e. The third-order valence-electron chi connectivity index (χ3n) is 3.69. The average Bonchev–Trinajstić information content (AvgIpc) is 3.18. The van der Waals surface area contributed by atoms with E-state index in [1.165, 1.54) is 24.0 Å². The number of hydrogen-bond acceptors (Lipinski definition) is 2. The summed E-state index contributed by atoms with van der Waals surface area (Å²) in [5, 5.41) is 3.53. The van der Waals surface area contributed by atoms with Crippen LogP contribution in [0.15, 0.2) is 24.3 Å². The van der Waals surface area contributed by atoms with Crippen molar-refractivity contribution in [1.29, 1.82) is 0 Å². The van der Waals surface area contributed by atoms with E-state index in [4.69, 9.17) is 4.74 Å². The summed E-state index contributed by atoms with van der Waals surface area (Å²) in [4.78, 5) is 0. The maximum absolute atomic E-state index is 5.90. The molecule has 1 fully saturated rings. The number of aryl methyl sites for hydroxylation is 1. The van der Waals surface area contributed by atoms with E-state index >= 15 is 0 Å². The van der Waals surface area contributed by atoms with Crippen molar-refractivity contribution in [3.8, 4) is 0 Å². The van der Waals surface area contributed by atoms with Crippen LogP contribution in [0.2, 0.25) is 0 Å². The number of ether oxygens (including phenoxy) is 1. The van der Waals surface area contributed by atoms with Gasteiger partial charge in [0, 0.05) is 25.1 Å². The molecule has 0 aliphatic heterocycles. The number of hydrogen-bond donors (Lipinski definition) is 1. The number of benzene rings is 1. The Morgan fingerprint density at radius 1 is 1.21 bits per heavy atom. The molecule has 0 aromatic heterocycles. The van der Waals surface area contributed by atoms with Gasteiger partial charge >= 0.3 is 0 Å². The minimum Gasteiger partial charge on any atom is -0.380 e. The Hall–Kier alpha value is -0.860. The van der Waals surface area contributed by atoms with Crippen LogP contribution in [-0.4, -0.2) is 25.8 Å². The predicted molar refractivity (Wildman–Crippen MR) is 80.6 cm³/mol. The molecule has 1 aromatic rings. The van der Waals surface area contributed by atoms with Gasteiger partial charge in [-0.3, -0.25) is 0 Å². The molecule has 0 spiro atoms. The summed E-state index contributed by atoms with van der Waals surface area (Å²) in [7, 11) is 0. The van der Waals surface area contributed by atoms with Gasteiger partial charge < -0.3 is 10.1 Å². The Labute approximate surface area is 117 Å². The van der Waals surface area contributed by atoms with Gasteiger partial charge in [0.25, 0.3) is 0 Å². The first-order valence-corrected chi connectivity index (χ1v) is 7.53. The van der Waals surface area contributed by atoms with Gasteiger partial charge in [-0.25, -0.2) is 0 Å². The van der Waals surface area contributed by atoms with Crippen LogP contribution in [0.3, 0.4) is 0 Å². The number of nitrogens with one attached hydrogen (secondary N) is 1. The molecule has 106 valence electrons. The van der Waals surface area contributed by atoms with E-state index < -0.39 is 0 Å². The topological polar surface area (TPSA) is 21.3 Å². The van der Waals surface area contributed by atoms with Crippen molar-refractivity contribution in [3.05, 3.63) is 35.4 Å². The third kappa shape index (κ3) is 5.33. The zero-order chi connectivity index (χ0) is 13.7. The molecule has 1 aliphatic rings. The highest BCUT2D eigenvalue weighted by Gasteiger charge is 2.22. The second-order valence-electron chi connectivity index (χ2n) is 6.15. The van der Waals surface area contributed by atoms with Crippen molar-refractivity contribution in [3.63, 3.8) is 0 Å². The largest absolute Gasteiger partial charge is 0.380 e. The Kier molecular flexibility index (Phi) is 5.41. The summed E-state index contributed by atoms with van der Waals surface area (Å²) < 4.78 is 5.90. The van der Waals surface area contributed by atoms with Crippen LogP contribution in [0.4, 0.5) is 0 Å². The van der Waals surface area contributed by atoms with Gasteiger partial charge in [0.2, 0.25) is 0 Å². The molecule has 1 unspecified atom stereocenters. The van der Waals surface area contributed by atoms with Crippen LogP contribution >= 0.6 is 0 Å². The standard InChI is InChI=1S/C17H27NO/c1-13(2)18-10-17(12-19-11-15-6-7-15)16-8-4-14(3)5-9-16/h4-5,8-9,13,15,17-18H,6-7,10-12H2,1-3H3. The van der Waals surface area contributed by atoms with Crippen LogP contribution in [0.5, 0.6) is 0 Å². The average molecular weight is 261 g/mol. The minimum absolute atomic E-state index is 0.460. The molecule has 0 amide bonds. The van der Waals surface area contributed by atoms with E-state index in [1.807, 2.05) is 0 Å². The summed E-state index contributed by atoms with van der Waals surface area (Å²) in [5.74, 6) is 1.30. The molecule has 0 bridgehead atoms. The molecule has 0 heterocycles. The summed E-state index contributed by atoms with van der Waals surface area (Å²) in [6, 6.07) is 9.39. The summed E-state index contributed by atoms with van der Waals surface area (Å²) >= 11 is 0. The quantitative estimate of drug-likeness (QED) is 0.773. The fraction of sp³-hybridized carbons (Fsp3) is 0.647. The fourth-order valence-corrected chi connectivity index (χ4v) is 2.15. The molecular weight excluding hydrogens is 234 g/mol. The molecule has 0 saturated heterocycles. The van der Waals surface area contributed by atoms with Crippen LogP contribution in [-0.2, 0) is 4.74 Å². The lowest BCUT2D eigenvalue weighted by Gasteiger charge is -2.20. The van der Waals surface area contributed by atoms with Crippen LogP contribution in [0.25, 0.3) is 0 Å². The van der Waals surface area contributed by atoms with Gasteiger partial charge in [-0.05, 0) is 31.2 Å². The van der Waals surface area contributed by atoms with Crippen molar-refractivity contribution >= 4 is 0 Å². The molecule has 0 radical (unpaired) electrons. The highest BCUT2D eigenvalue weighted by atomic mass is 16.5. The van der Waals surface area contributed by atoms with Gasteiger partial charge in [-0.15, -0.1) is 0 Å². The highest BCUT2D eigenvalue weighted by molar-refractivity contribution is 5.25. The molecule has 2 nitrogen and oxygen atoms in total. The van der Waals surface area contributed by atoms with Crippen molar-refractivity contribution in [1.82, 2.24) is 5.32 Å². The molecule has 1 aliphatic carbocycles. The summed E-state index contributed by atoms with van der Waals surface area (Å²) in [6.07, 6.45) is 2.72. The van der Waals surface area contributed by atoms with E-state index in [1.54, 1.807) is 0 Å². The second kappa shape index (κ2) is 7.06. The van der Waals surface area contributed by atoms with Gasteiger partial charge in [0.05, 0.1) is 6.61 Å². The monoisotopic (exact) mass is 261 g/mol. The zero-order valence-electron chi connectivity index (χ0n) is 12.5. The molecule has 1 saturated carbocycles. The lowest BCUT2D eigenvalue weighted by atomic mass is 9.98. The normalized spacial score (nSPS) is 16.8. The van der Waals surface area contributed by atoms with E-state index in [0.29, 0.717) is 12.0 Å². The molecule has 1 N–H and O–H groups in total. The molecule has 1 aromatic carbocycles. The van der Waals surface area contributed by atoms with Gasteiger partial charge in [0.15, 0.2) is 0 Å². The maximum atomic E-state index is 5.90. The van der Waals surface area contributed by atoms with E-state index in [0.717, 1.165) is 25.7 Å².